The van der Waals surface area contributed by atoms with Crippen molar-refractivity contribution in [1.29, 1.82) is 0 Å². The Hall–Kier alpha value is -3.02. The van der Waals surface area contributed by atoms with Gasteiger partial charge in [0.25, 0.3) is 5.56 Å². The van der Waals surface area contributed by atoms with Gasteiger partial charge in [-0.3, -0.25) is 19.1 Å². The van der Waals surface area contributed by atoms with Crippen molar-refractivity contribution in [3.8, 4) is 0 Å². The van der Waals surface area contributed by atoms with Crippen molar-refractivity contribution < 1.29 is 4.79 Å². The van der Waals surface area contributed by atoms with Crippen LogP contribution in [0.4, 0.5) is 5.69 Å². The molecular weight excluding hydrogens is 292 g/mol. The van der Waals surface area contributed by atoms with E-state index in [1.54, 1.807) is 6.07 Å². The molecule has 1 N–H and O–H groups in total. The van der Waals surface area contributed by atoms with E-state index in [-0.39, 0.29) is 18.0 Å². The van der Waals surface area contributed by atoms with E-state index in [1.807, 2.05) is 24.3 Å². The number of anilines is 1. The van der Waals surface area contributed by atoms with Crippen LogP contribution in [0.2, 0.25) is 0 Å². The van der Waals surface area contributed by atoms with Crippen molar-refractivity contribution in [2.24, 2.45) is 0 Å². The van der Waals surface area contributed by atoms with Crippen LogP contribution in [0.25, 0.3) is 10.9 Å². The Morgan fingerprint density at radius 2 is 2.17 bits per heavy atom. The minimum Gasteiger partial charge on any atom is -0.325 e. The first-order chi connectivity index (χ1) is 11.2. The second-order valence-electron chi connectivity index (χ2n) is 5.17. The molecule has 3 rings (SSSR count). The number of aromatic nitrogens is 3. The Morgan fingerprint density at radius 3 is 3.00 bits per heavy atom. The molecule has 6 nitrogen and oxygen atoms in total. The summed E-state index contributed by atoms with van der Waals surface area (Å²) in [5, 5.41) is 3.25. The molecule has 0 aliphatic heterocycles. The number of hydrogen-bond donors (Lipinski definition) is 1. The fourth-order valence-corrected chi connectivity index (χ4v) is 2.35. The van der Waals surface area contributed by atoms with Gasteiger partial charge in [0.1, 0.15) is 6.54 Å². The van der Waals surface area contributed by atoms with Gasteiger partial charge in [0, 0.05) is 11.9 Å². The van der Waals surface area contributed by atoms with Crippen molar-refractivity contribution in [1.82, 2.24) is 14.5 Å². The minimum atomic E-state index is -0.268. The molecule has 1 amide bonds. The van der Waals surface area contributed by atoms with Crippen molar-refractivity contribution in [3.05, 3.63) is 65.0 Å². The molecule has 0 atom stereocenters. The quantitative estimate of drug-likeness (QED) is 0.799. The zero-order valence-electron chi connectivity index (χ0n) is 12.7. The molecule has 0 radical (unpaired) electrons. The maximum atomic E-state index is 12.3. The molecule has 1 aromatic carbocycles. The van der Waals surface area contributed by atoms with Gasteiger partial charge in [-0.15, -0.1) is 0 Å². The van der Waals surface area contributed by atoms with Gasteiger partial charge in [0.2, 0.25) is 5.91 Å². The predicted molar refractivity (Wildman–Crippen MR) is 88.2 cm³/mol. The smallest absolute Gasteiger partial charge is 0.261 e. The highest BCUT2D eigenvalue weighted by molar-refractivity contribution is 5.90. The summed E-state index contributed by atoms with van der Waals surface area (Å²) < 4.78 is 1.29. The lowest BCUT2D eigenvalue weighted by atomic mass is 10.1. The number of fused-ring (bicyclic) bond motifs is 1. The first-order valence-corrected chi connectivity index (χ1v) is 7.35. The molecular formula is C17H16N4O2. The number of benzene rings is 1. The van der Waals surface area contributed by atoms with Crippen LogP contribution in [-0.2, 0) is 17.8 Å². The van der Waals surface area contributed by atoms with Gasteiger partial charge in [0.05, 0.1) is 23.4 Å². The van der Waals surface area contributed by atoms with E-state index in [1.165, 1.54) is 23.3 Å². The molecule has 2 heterocycles. The van der Waals surface area contributed by atoms with E-state index in [0.29, 0.717) is 10.9 Å². The third-order valence-electron chi connectivity index (χ3n) is 3.56. The Kier molecular flexibility index (Phi) is 4.14. The van der Waals surface area contributed by atoms with Gasteiger partial charge in [-0.1, -0.05) is 19.1 Å². The highest BCUT2D eigenvalue weighted by Crippen LogP contribution is 2.11. The van der Waals surface area contributed by atoms with Crippen LogP contribution in [-0.4, -0.2) is 20.4 Å². The fraction of sp³-hybridized carbons (Fsp3) is 0.176. The van der Waals surface area contributed by atoms with Crippen LogP contribution in [0, 0.1) is 0 Å². The monoisotopic (exact) mass is 308 g/mol. The average molecular weight is 308 g/mol. The molecule has 2 aromatic heterocycles. The molecule has 23 heavy (non-hydrogen) atoms. The van der Waals surface area contributed by atoms with E-state index >= 15 is 0 Å². The summed E-state index contributed by atoms with van der Waals surface area (Å²) in [6, 6.07) is 9.24. The first kappa shape index (κ1) is 14.9. The third kappa shape index (κ3) is 3.26. The Morgan fingerprint density at radius 1 is 1.30 bits per heavy atom. The van der Waals surface area contributed by atoms with E-state index in [4.69, 9.17) is 0 Å². The van der Waals surface area contributed by atoms with E-state index in [9.17, 15) is 9.59 Å². The largest absolute Gasteiger partial charge is 0.325 e. The Bertz CT molecular complexity index is 918. The molecule has 3 aromatic rings. The van der Waals surface area contributed by atoms with Crippen molar-refractivity contribution >= 4 is 22.5 Å². The summed E-state index contributed by atoms with van der Waals surface area (Å²) >= 11 is 0. The Balaban J connectivity index is 1.80. The number of amides is 1. The van der Waals surface area contributed by atoms with Crippen LogP contribution in [0.15, 0.2) is 53.8 Å². The molecule has 6 heteroatoms. The van der Waals surface area contributed by atoms with Gasteiger partial charge >= 0.3 is 0 Å². The number of nitrogens with zero attached hydrogens (tertiary/aromatic N) is 3. The zero-order chi connectivity index (χ0) is 16.2. The summed E-state index contributed by atoms with van der Waals surface area (Å²) in [5.41, 5.74) is 2.12. The average Bonchev–Trinajstić information content (AvgIpc) is 2.58. The first-order valence-electron chi connectivity index (χ1n) is 7.35. The van der Waals surface area contributed by atoms with Crippen LogP contribution < -0.4 is 10.9 Å². The number of pyridine rings is 1. The van der Waals surface area contributed by atoms with Crippen LogP contribution >= 0.6 is 0 Å². The van der Waals surface area contributed by atoms with Gasteiger partial charge in [-0.05, 0) is 30.2 Å². The van der Waals surface area contributed by atoms with Gasteiger partial charge < -0.3 is 5.32 Å². The summed E-state index contributed by atoms with van der Waals surface area (Å²) in [6.07, 6.45) is 5.32. The van der Waals surface area contributed by atoms with Gasteiger partial charge in [0.15, 0.2) is 0 Å². The highest BCUT2D eigenvalue weighted by Gasteiger charge is 2.08. The molecule has 116 valence electrons. The maximum Gasteiger partial charge on any atom is 0.261 e. The van der Waals surface area contributed by atoms with Crippen LogP contribution in [0.3, 0.4) is 0 Å². The summed E-state index contributed by atoms with van der Waals surface area (Å²) in [4.78, 5) is 32.6. The van der Waals surface area contributed by atoms with E-state index in [0.717, 1.165) is 17.7 Å². The number of carbonyl (C=O) groups is 1. The second-order valence-corrected chi connectivity index (χ2v) is 5.17. The van der Waals surface area contributed by atoms with Crippen molar-refractivity contribution in [3.63, 3.8) is 0 Å². The molecule has 0 spiro atoms. The number of rotatable bonds is 4. The standard InChI is InChI=1S/C17H16N4O2/c1-2-12-4-3-5-13(8-12)20-16(22)10-21-11-19-15-9-18-7-6-14(15)17(21)23/h3-9,11H,2,10H2,1H3,(H,20,22). The molecule has 0 aliphatic rings. The third-order valence-corrected chi connectivity index (χ3v) is 3.56. The molecule has 0 saturated heterocycles. The highest BCUT2D eigenvalue weighted by atomic mass is 16.2. The molecule has 0 aliphatic carbocycles. The van der Waals surface area contributed by atoms with Crippen LogP contribution in [0.5, 0.6) is 0 Å². The number of carbonyl (C=O) groups excluding carboxylic acids is 1. The molecule has 0 fully saturated rings. The number of hydrogen-bond acceptors (Lipinski definition) is 4. The van der Waals surface area contributed by atoms with Crippen molar-refractivity contribution in [2.75, 3.05) is 5.32 Å². The fourth-order valence-electron chi connectivity index (χ4n) is 2.35. The van der Waals surface area contributed by atoms with Gasteiger partial charge in [-0.2, -0.15) is 0 Å². The van der Waals surface area contributed by atoms with E-state index < -0.39 is 0 Å². The lowest BCUT2D eigenvalue weighted by molar-refractivity contribution is -0.116. The van der Waals surface area contributed by atoms with Crippen molar-refractivity contribution in [2.45, 2.75) is 19.9 Å². The molecule has 0 saturated carbocycles. The van der Waals surface area contributed by atoms with E-state index in [2.05, 4.69) is 22.2 Å². The topological polar surface area (TPSA) is 76.9 Å². The molecule has 0 unspecified atom stereocenters. The molecule has 0 bridgehead atoms. The Labute approximate surface area is 132 Å². The number of nitrogens with one attached hydrogen (secondary N) is 1. The summed E-state index contributed by atoms with van der Waals surface area (Å²) in [5.74, 6) is -0.268. The van der Waals surface area contributed by atoms with Crippen LogP contribution in [0.1, 0.15) is 12.5 Å². The van der Waals surface area contributed by atoms with Gasteiger partial charge in [-0.25, -0.2) is 4.98 Å². The zero-order valence-corrected chi connectivity index (χ0v) is 12.7. The normalized spacial score (nSPS) is 10.7. The minimum absolute atomic E-state index is 0.0829. The predicted octanol–water partition coefficient (Wildman–Crippen LogP) is 1.99. The SMILES string of the molecule is CCc1cccc(NC(=O)Cn2cnc3cnccc3c2=O)c1. The second kappa shape index (κ2) is 6.39. The summed E-state index contributed by atoms with van der Waals surface area (Å²) in [6.45, 7) is 1.97. The number of aryl methyl sites for hydroxylation is 1. The maximum absolute atomic E-state index is 12.3. The summed E-state index contributed by atoms with van der Waals surface area (Å²) in [7, 11) is 0. The lowest BCUT2D eigenvalue weighted by Crippen LogP contribution is -2.27. The lowest BCUT2D eigenvalue weighted by Gasteiger charge is -2.08.